The van der Waals surface area contributed by atoms with Crippen LogP contribution in [0.1, 0.15) is 25.3 Å². The lowest BCUT2D eigenvalue weighted by atomic mass is 10.0. The predicted molar refractivity (Wildman–Crippen MR) is 70.8 cm³/mol. The third-order valence-corrected chi connectivity index (χ3v) is 3.19. The van der Waals surface area contributed by atoms with Gasteiger partial charge in [-0.15, -0.1) is 0 Å². The van der Waals surface area contributed by atoms with Crippen molar-refractivity contribution in [3.63, 3.8) is 0 Å². The van der Waals surface area contributed by atoms with E-state index in [0.717, 1.165) is 25.1 Å². The summed E-state index contributed by atoms with van der Waals surface area (Å²) < 4.78 is 32.9. The van der Waals surface area contributed by atoms with Crippen LogP contribution in [0.25, 0.3) is 0 Å². The number of hydrogen-bond donors (Lipinski definition) is 1. The van der Waals surface area contributed by atoms with E-state index < -0.39 is 11.6 Å². The first-order valence-electron chi connectivity index (χ1n) is 6.71. The minimum Gasteiger partial charge on any atom is -0.496 e. The molecule has 1 aliphatic heterocycles. The van der Waals surface area contributed by atoms with Crippen molar-refractivity contribution in [2.75, 3.05) is 13.2 Å². The number of rotatable bonds is 6. The highest BCUT2D eigenvalue weighted by Crippen LogP contribution is 2.20. The quantitative estimate of drug-likeness (QED) is 0.854. The molecular weight excluding hydrogens is 248 g/mol. The van der Waals surface area contributed by atoms with E-state index in [-0.39, 0.29) is 18.0 Å². The number of hydrogen-bond acceptors (Lipinski definition) is 2. The predicted octanol–water partition coefficient (Wildman–Crippen LogP) is 3.18. The Hall–Kier alpha value is -1.42. The molecule has 0 amide bonds. The van der Waals surface area contributed by atoms with E-state index in [2.05, 4.69) is 12.2 Å². The summed E-state index contributed by atoms with van der Waals surface area (Å²) in [6.45, 7) is 3.50. The van der Waals surface area contributed by atoms with Gasteiger partial charge in [0.25, 0.3) is 0 Å². The van der Waals surface area contributed by atoms with Gasteiger partial charge >= 0.3 is 0 Å². The molecule has 0 radical (unpaired) electrons. The van der Waals surface area contributed by atoms with E-state index >= 15 is 0 Å². The summed E-state index contributed by atoms with van der Waals surface area (Å²) in [6, 6.07) is 3.81. The summed E-state index contributed by atoms with van der Waals surface area (Å²) in [6.07, 6.45) is 4.08. The maximum atomic E-state index is 13.7. The zero-order valence-corrected chi connectivity index (χ0v) is 11.1. The van der Waals surface area contributed by atoms with E-state index in [9.17, 15) is 8.78 Å². The van der Waals surface area contributed by atoms with Gasteiger partial charge in [-0.3, -0.25) is 0 Å². The molecular formula is C15H19F2NO. The molecule has 1 unspecified atom stereocenters. The highest BCUT2D eigenvalue weighted by molar-refractivity contribution is 5.23. The van der Waals surface area contributed by atoms with Crippen LogP contribution >= 0.6 is 0 Å². The van der Waals surface area contributed by atoms with Crippen molar-refractivity contribution in [2.45, 2.75) is 32.2 Å². The number of nitrogens with one attached hydrogen (secondary N) is 1. The number of benzene rings is 1. The summed E-state index contributed by atoms with van der Waals surface area (Å²) in [5.41, 5.74) is 0.118. The average molecular weight is 267 g/mol. The van der Waals surface area contributed by atoms with E-state index in [1.165, 1.54) is 18.2 Å². The van der Waals surface area contributed by atoms with E-state index in [1.54, 1.807) is 0 Å². The first kappa shape index (κ1) is 14.0. The molecule has 0 saturated heterocycles. The van der Waals surface area contributed by atoms with Crippen LogP contribution in [0.2, 0.25) is 0 Å². The topological polar surface area (TPSA) is 21.3 Å². The van der Waals surface area contributed by atoms with Crippen LogP contribution in [-0.2, 0) is 11.2 Å². The molecule has 2 rings (SSSR count). The molecule has 0 aromatic heterocycles. The summed E-state index contributed by atoms with van der Waals surface area (Å²) in [7, 11) is 0. The van der Waals surface area contributed by atoms with E-state index in [0.29, 0.717) is 6.61 Å². The second-order valence-electron chi connectivity index (χ2n) is 4.65. The van der Waals surface area contributed by atoms with Crippen LogP contribution in [0.4, 0.5) is 8.78 Å². The third kappa shape index (κ3) is 3.53. The monoisotopic (exact) mass is 267 g/mol. The van der Waals surface area contributed by atoms with Crippen LogP contribution in [0, 0.1) is 11.6 Å². The summed E-state index contributed by atoms with van der Waals surface area (Å²) >= 11 is 0. The van der Waals surface area contributed by atoms with E-state index in [4.69, 9.17) is 4.74 Å². The fourth-order valence-electron chi connectivity index (χ4n) is 2.20. The van der Waals surface area contributed by atoms with Gasteiger partial charge < -0.3 is 10.1 Å². The Labute approximate surface area is 112 Å². The molecule has 1 atom stereocenters. The Morgan fingerprint density at radius 3 is 2.63 bits per heavy atom. The minimum atomic E-state index is -0.498. The van der Waals surface area contributed by atoms with Gasteiger partial charge in [0.05, 0.1) is 12.6 Å². The maximum absolute atomic E-state index is 13.7. The van der Waals surface area contributed by atoms with Crippen LogP contribution in [0.5, 0.6) is 0 Å². The molecule has 2 nitrogen and oxygen atoms in total. The number of ether oxygens (including phenoxy) is 1. The fraction of sp³-hybridized carbons (Fsp3) is 0.467. The van der Waals surface area contributed by atoms with Crippen molar-refractivity contribution < 1.29 is 13.5 Å². The molecule has 0 bridgehead atoms. The van der Waals surface area contributed by atoms with Gasteiger partial charge in [-0.05, 0) is 31.2 Å². The highest BCUT2D eigenvalue weighted by atomic mass is 19.1. The lowest BCUT2D eigenvalue weighted by molar-refractivity contribution is 0.213. The summed E-state index contributed by atoms with van der Waals surface area (Å²) in [5, 5.41) is 3.29. The van der Waals surface area contributed by atoms with Crippen molar-refractivity contribution in [3.05, 3.63) is 47.2 Å². The second kappa shape index (κ2) is 6.66. The third-order valence-electron chi connectivity index (χ3n) is 3.19. The molecule has 1 aromatic rings. The van der Waals surface area contributed by atoms with Crippen molar-refractivity contribution in [1.82, 2.24) is 5.32 Å². The molecule has 4 heteroatoms. The summed E-state index contributed by atoms with van der Waals surface area (Å²) in [4.78, 5) is 0. The first-order valence-corrected chi connectivity index (χ1v) is 6.71. The Balaban J connectivity index is 2.15. The molecule has 104 valence electrons. The second-order valence-corrected chi connectivity index (χ2v) is 4.65. The van der Waals surface area contributed by atoms with Gasteiger partial charge in [0, 0.05) is 18.4 Å². The largest absolute Gasteiger partial charge is 0.496 e. The molecule has 1 heterocycles. The van der Waals surface area contributed by atoms with E-state index in [1.807, 2.05) is 6.08 Å². The minimum absolute atomic E-state index is 0.118. The van der Waals surface area contributed by atoms with Crippen LogP contribution in [0.15, 0.2) is 30.0 Å². The average Bonchev–Trinajstić information content (AvgIpc) is 2.91. The van der Waals surface area contributed by atoms with Gasteiger partial charge in [-0.1, -0.05) is 13.0 Å². The molecule has 0 saturated carbocycles. The zero-order chi connectivity index (χ0) is 13.7. The SMILES string of the molecule is CCCNC(Cc1c(F)cccc1F)C1=CCCO1. The van der Waals surface area contributed by atoms with Crippen molar-refractivity contribution >= 4 is 0 Å². The van der Waals surface area contributed by atoms with Crippen LogP contribution in [0.3, 0.4) is 0 Å². The van der Waals surface area contributed by atoms with Gasteiger partial charge in [-0.25, -0.2) is 8.78 Å². The summed E-state index contributed by atoms with van der Waals surface area (Å²) in [5.74, 6) is -0.195. The Morgan fingerprint density at radius 1 is 1.32 bits per heavy atom. The molecule has 1 N–H and O–H groups in total. The van der Waals surface area contributed by atoms with Crippen LogP contribution < -0.4 is 5.32 Å². The van der Waals surface area contributed by atoms with Gasteiger partial charge in [0.1, 0.15) is 17.4 Å². The van der Waals surface area contributed by atoms with Crippen molar-refractivity contribution in [1.29, 1.82) is 0 Å². The Kier molecular flexibility index (Phi) is 4.91. The fourth-order valence-corrected chi connectivity index (χ4v) is 2.20. The maximum Gasteiger partial charge on any atom is 0.129 e. The standard InChI is InChI=1S/C15H19F2NO/c1-2-8-18-14(15-7-4-9-19-15)10-11-12(16)5-3-6-13(11)17/h3,5-7,14,18H,2,4,8-10H2,1H3. The van der Waals surface area contributed by atoms with Crippen molar-refractivity contribution in [2.24, 2.45) is 0 Å². The lowest BCUT2D eigenvalue weighted by Crippen LogP contribution is -2.34. The molecule has 1 aromatic carbocycles. The molecule has 19 heavy (non-hydrogen) atoms. The van der Waals surface area contributed by atoms with Crippen molar-refractivity contribution in [3.8, 4) is 0 Å². The van der Waals surface area contributed by atoms with Gasteiger partial charge in [0.15, 0.2) is 0 Å². The Bertz CT molecular complexity index is 439. The highest BCUT2D eigenvalue weighted by Gasteiger charge is 2.21. The number of halogens is 2. The molecule has 0 aliphatic carbocycles. The zero-order valence-electron chi connectivity index (χ0n) is 11.1. The Morgan fingerprint density at radius 2 is 2.05 bits per heavy atom. The van der Waals surface area contributed by atoms with Crippen LogP contribution in [-0.4, -0.2) is 19.2 Å². The normalized spacial score (nSPS) is 16.1. The molecule has 1 aliphatic rings. The first-order chi connectivity index (χ1) is 9.22. The van der Waals surface area contributed by atoms with Gasteiger partial charge in [0.2, 0.25) is 0 Å². The molecule has 0 spiro atoms. The molecule has 0 fully saturated rings. The lowest BCUT2D eigenvalue weighted by Gasteiger charge is -2.20. The smallest absolute Gasteiger partial charge is 0.129 e. The van der Waals surface area contributed by atoms with Gasteiger partial charge in [-0.2, -0.15) is 0 Å².